The lowest BCUT2D eigenvalue weighted by Gasteiger charge is -2.55. The zero-order chi connectivity index (χ0) is 19.0. The van der Waals surface area contributed by atoms with E-state index in [2.05, 4.69) is 16.0 Å². The molecule has 4 saturated carbocycles. The Balaban J connectivity index is 1.36. The maximum absolute atomic E-state index is 13.3. The van der Waals surface area contributed by atoms with Crippen molar-refractivity contribution < 1.29 is 9.59 Å². The third-order valence-corrected chi connectivity index (χ3v) is 7.72. The molecular formula is C22H37N3O2. The van der Waals surface area contributed by atoms with Crippen molar-refractivity contribution in [3.63, 3.8) is 0 Å². The lowest BCUT2D eigenvalue weighted by Crippen LogP contribution is -2.58. The zero-order valence-electron chi connectivity index (χ0n) is 17.1. The van der Waals surface area contributed by atoms with E-state index in [4.69, 9.17) is 0 Å². The molecule has 5 rings (SSSR count). The van der Waals surface area contributed by atoms with E-state index in [0.29, 0.717) is 12.5 Å². The number of piperidine rings is 1. The number of nitrogens with one attached hydrogen (secondary N) is 3. The largest absolute Gasteiger partial charge is 0.354 e. The molecule has 2 amide bonds. The smallest absolute Gasteiger partial charge is 0.242 e. The molecule has 1 heterocycles. The summed E-state index contributed by atoms with van der Waals surface area (Å²) in [4.78, 5) is 26.2. The van der Waals surface area contributed by atoms with Gasteiger partial charge in [0, 0.05) is 12.0 Å². The predicted molar refractivity (Wildman–Crippen MR) is 106 cm³/mol. The van der Waals surface area contributed by atoms with E-state index < -0.39 is 6.04 Å². The lowest BCUT2D eigenvalue weighted by atomic mass is 9.49. The molecule has 152 valence electrons. The maximum Gasteiger partial charge on any atom is 0.242 e. The summed E-state index contributed by atoms with van der Waals surface area (Å²) in [6.07, 6.45) is 9.47. The van der Waals surface area contributed by atoms with Gasteiger partial charge in [-0.3, -0.25) is 9.59 Å². The fraction of sp³-hybridized carbons (Fsp3) is 0.909. The minimum absolute atomic E-state index is 0.00588. The molecule has 1 saturated heterocycles. The summed E-state index contributed by atoms with van der Waals surface area (Å²) in [5.74, 6) is 3.00. The van der Waals surface area contributed by atoms with Crippen molar-refractivity contribution in [2.45, 2.75) is 71.3 Å². The molecule has 3 N–H and O–H groups in total. The van der Waals surface area contributed by atoms with Crippen molar-refractivity contribution in [2.24, 2.45) is 35.0 Å². The summed E-state index contributed by atoms with van der Waals surface area (Å²) in [6, 6.07) is -0.415. The van der Waals surface area contributed by atoms with Crippen molar-refractivity contribution in [3.05, 3.63) is 0 Å². The average molecular weight is 376 g/mol. The average Bonchev–Trinajstić information content (AvgIpc) is 2.63. The van der Waals surface area contributed by atoms with Gasteiger partial charge in [-0.1, -0.05) is 13.8 Å². The van der Waals surface area contributed by atoms with Crippen LogP contribution in [0.4, 0.5) is 0 Å². The first-order chi connectivity index (χ1) is 12.9. The van der Waals surface area contributed by atoms with E-state index in [1.807, 2.05) is 13.8 Å². The molecule has 5 nitrogen and oxygen atoms in total. The Bertz CT molecular complexity index is 533. The molecule has 0 aromatic carbocycles. The van der Waals surface area contributed by atoms with Gasteiger partial charge in [-0.05, 0) is 94.0 Å². The second-order valence-corrected chi connectivity index (χ2v) is 10.4. The summed E-state index contributed by atoms with van der Waals surface area (Å²) < 4.78 is 0. The number of rotatable bonds is 6. The van der Waals surface area contributed by atoms with Crippen molar-refractivity contribution in [1.29, 1.82) is 0 Å². The van der Waals surface area contributed by atoms with E-state index in [9.17, 15) is 9.59 Å². The first kappa shape index (κ1) is 19.2. The molecule has 0 spiro atoms. The van der Waals surface area contributed by atoms with E-state index in [-0.39, 0.29) is 23.1 Å². The van der Waals surface area contributed by atoms with Crippen molar-refractivity contribution in [2.75, 3.05) is 19.6 Å². The number of hydrogen-bond acceptors (Lipinski definition) is 3. The standard InChI is InChI=1S/C22H37N3O2/c1-14(2)19(20(26)24-13-15-4-3-5-23-12-15)25-21(27)22-9-16-6-17(10-22)8-18(7-16)11-22/h14-19,23H,3-13H2,1-2H3,(H,24,26)(H,25,27). The SMILES string of the molecule is CC(C)C(NC(=O)C12CC3CC(CC(C3)C1)C2)C(=O)NCC1CCCNC1. The highest BCUT2D eigenvalue weighted by molar-refractivity contribution is 5.90. The Labute approximate surface area is 163 Å². The molecular weight excluding hydrogens is 338 g/mol. The predicted octanol–water partition coefficient (Wildman–Crippen LogP) is 2.46. The van der Waals surface area contributed by atoms with Crippen LogP contribution in [0.1, 0.15) is 65.2 Å². The fourth-order valence-electron chi connectivity index (χ4n) is 6.67. The van der Waals surface area contributed by atoms with E-state index in [1.54, 1.807) is 0 Å². The van der Waals surface area contributed by atoms with Crippen molar-refractivity contribution >= 4 is 11.8 Å². The molecule has 5 fully saturated rings. The summed E-state index contributed by atoms with van der Waals surface area (Å²) in [5.41, 5.74) is -0.185. The van der Waals surface area contributed by atoms with Gasteiger partial charge in [-0.15, -0.1) is 0 Å². The van der Waals surface area contributed by atoms with Crippen LogP contribution in [-0.4, -0.2) is 37.5 Å². The second kappa shape index (κ2) is 7.73. The third kappa shape index (κ3) is 4.03. The molecule has 4 bridgehead atoms. The van der Waals surface area contributed by atoms with Crippen molar-refractivity contribution in [3.8, 4) is 0 Å². The quantitative estimate of drug-likeness (QED) is 0.668. The minimum Gasteiger partial charge on any atom is -0.354 e. The van der Waals surface area contributed by atoms with Crippen LogP contribution in [-0.2, 0) is 9.59 Å². The normalized spacial score (nSPS) is 38.6. The van der Waals surface area contributed by atoms with Crippen LogP contribution in [0, 0.1) is 35.0 Å². The van der Waals surface area contributed by atoms with Gasteiger partial charge in [0.15, 0.2) is 0 Å². The Kier molecular flexibility index (Phi) is 5.50. The Morgan fingerprint density at radius 3 is 2.22 bits per heavy atom. The van der Waals surface area contributed by atoms with Gasteiger partial charge < -0.3 is 16.0 Å². The van der Waals surface area contributed by atoms with Crippen LogP contribution in [0.15, 0.2) is 0 Å². The van der Waals surface area contributed by atoms with Crippen LogP contribution >= 0.6 is 0 Å². The fourth-order valence-corrected chi connectivity index (χ4v) is 6.67. The number of carbonyl (C=O) groups excluding carboxylic acids is 2. The maximum atomic E-state index is 13.3. The molecule has 5 heteroatoms. The molecule has 27 heavy (non-hydrogen) atoms. The third-order valence-electron chi connectivity index (χ3n) is 7.72. The van der Waals surface area contributed by atoms with Crippen LogP contribution in [0.3, 0.4) is 0 Å². The number of hydrogen-bond donors (Lipinski definition) is 3. The van der Waals surface area contributed by atoms with Crippen molar-refractivity contribution in [1.82, 2.24) is 16.0 Å². The molecule has 0 aromatic rings. The van der Waals surface area contributed by atoms with E-state index in [1.165, 1.54) is 32.1 Å². The van der Waals surface area contributed by atoms with E-state index >= 15 is 0 Å². The number of carbonyl (C=O) groups is 2. The first-order valence-corrected chi connectivity index (χ1v) is 11.2. The van der Waals surface area contributed by atoms with E-state index in [0.717, 1.165) is 50.1 Å². The summed E-state index contributed by atoms with van der Waals surface area (Å²) >= 11 is 0. The highest BCUT2D eigenvalue weighted by atomic mass is 16.2. The first-order valence-electron chi connectivity index (χ1n) is 11.2. The molecule has 0 aromatic heterocycles. The highest BCUT2D eigenvalue weighted by Gasteiger charge is 2.55. The molecule has 1 aliphatic heterocycles. The summed E-state index contributed by atoms with van der Waals surface area (Å²) in [7, 11) is 0. The molecule has 5 aliphatic rings. The van der Waals surface area contributed by atoms with Gasteiger partial charge in [0.1, 0.15) is 6.04 Å². The van der Waals surface area contributed by atoms with Crippen LogP contribution in [0.2, 0.25) is 0 Å². The summed E-state index contributed by atoms with van der Waals surface area (Å²) in [5, 5.41) is 9.71. The Morgan fingerprint density at radius 1 is 1.07 bits per heavy atom. The molecule has 2 atom stereocenters. The Morgan fingerprint density at radius 2 is 1.70 bits per heavy atom. The minimum atomic E-state index is -0.415. The summed E-state index contributed by atoms with van der Waals surface area (Å²) in [6.45, 7) is 6.84. The Hall–Kier alpha value is -1.10. The topological polar surface area (TPSA) is 70.2 Å². The van der Waals surface area contributed by atoms with Gasteiger partial charge in [-0.25, -0.2) is 0 Å². The molecule has 2 unspecified atom stereocenters. The van der Waals surface area contributed by atoms with Crippen LogP contribution in [0.25, 0.3) is 0 Å². The zero-order valence-corrected chi connectivity index (χ0v) is 17.1. The van der Waals surface area contributed by atoms with Gasteiger partial charge in [-0.2, -0.15) is 0 Å². The van der Waals surface area contributed by atoms with Crippen LogP contribution in [0.5, 0.6) is 0 Å². The number of amides is 2. The van der Waals surface area contributed by atoms with Gasteiger partial charge in [0.25, 0.3) is 0 Å². The molecule has 4 aliphatic carbocycles. The lowest BCUT2D eigenvalue weighted by molar-refractivity contribution is -0.149. The monoisotopic (exact) mass is 375 g/mol. The highest BCUT2D eigenvalue weighted by Crippen LogP contribution is 2.60. The van der Waals surface area contributed by atoms with Crippen LogP contribution < -0.4 is 16.0 Å². The second-order valence-electron chi connectivity index (χ2n) is 10.4. The van der Waals surface area contributed by atoms with Gasteiger partial charge in [0.2, 0.25) is 11.8 Å². The molecule has 0 radical (unpaired) electrons. The van der Waals surface area contributed by atoms with Gasteiger partial charge in [0.05, 0.1) is 0 Å². The van der Waals surface area contributed by atoms with Gasteiger partial charge >= 0.3 is 0 Å².